The summed E-state index contributed by atoms with van der Waals surface area (Å²) in [5, 5.41) is 3.96. The van der Waals surface area contributed by atoms with E-state index in [0.717, 1.165) is 25.9 Å². The summed E-state index contributed by atoms with van der Waals surface area (Å²) in [5.41, 5.74) is 1.93. The molecule has 19 heavy (non-hydrogen) atoms. The summed E-state index contributed by atoms with van der Waals surface area (Å²) in [6, 6.07) is 5.75. The molecule has 0 aliphatic carbocycles. The molecule has 0 atom stereocenters. The SMILES string of the molecule is COc1cc(NCc2ccncc2Cl)c(Br)cc1Br. The van der Waals surface area contributed by atoms with E-state index in [0.29, 0.717) is 11.6 Å². The van der Waals surface area contributed by atoms with Gasteiger partial charge in [-0.15, -0.1) is 0 Å². The molecule has 6 heteroatoms. The minimum absolute atomic E-state index is 0.616. The number of ether oxygens (including phenoxy) is 1. The molecule has 2 rings (SSSR count). The Hall–Kier alpha value is -0.780. The van der Waals surface area contributed by atoms with E-state index < -0.39 is 0 Å². The van der Waals surface area contributed by atoms with Crippen LogP contribution in [0.4, 0.5) is 5.69 Å². The molecule has 3 nitrogen and oxygen atoms in total. The predicted molar refractivity (Wildman–Crippen MR) is 85.0 cm³/mol. The van der Waals surface area contributed by atoms with Crippen LogP contribution in [0.1, 0.15) is 5.56 Å². The molecule has 100 valence electrons. The molecular formula is C13H11Br2ClN2O. The highest BCUT2D eigenvalue weighted by atomic mass is 79.9. The van der Waals surface area contributed by atoms with Crippen molar-refractivity contribution in [1.82, 2.24) is 4.98 Å². The lowest BCUT2D eigenvalue weighted by Gasteiger charge is -2.12. The summed E-state index contributed by atoms with van der Waals surface area (Å²) in [6.07, 6.45) is 3.36. The van der Waals surface area contributed by atoms with E-state index in [1.807, 2.05) is 18.2 Å². The second-order valence-electron chi connectivity index (χ2n) is 3.79. The van der Waals surface area contributed by atoms with Gasteiger partial charge in [0.25, 0.3) is 0 Å². The first-order valence-electron chi connectivity index (χ1n) is 5.47. The van der Waals surface area contributed by atoms with Crippen LogP contribution in [0.2, 0.25) is 5.02 Å². The number of rotatable bonds is 4. The molecule has 0 aliphatic heterocycles. The van der Waals surface area contributed by atoms with E-state index in [2.05, 4.69) is 42.2 Å². The first-order valence-corrected chi connectivity index (χ1v) is 7.43. The van der Waals surface area contributed by atoms with Crippen LogP contribution in [-0.2, 0) is 6.54 Å². The van der Waals surface area contributed by atoms with E-state index >= 15 is 0 Å². The Kier molecular flexibility index (Phi) is 5.07. The fourth-order valence-electron chi connectivity index (χ4n) is 1.56. The molecule has 0 saturated carbocycles. The average Bonchev–Trinajstić information content (AvgIpc) is 2.39. The molecule has 1 N–H and O–H groups in total. The van der Waals surface area contributed by atoms with Gasteiger partial charge in [0.1, 0.15) is 5.75 Å². The number of anilines is 1. The van der Waals surface area contributed by atoms with Gasteiger partial charge in [-0.05, 0) is 49.6 Å². The third-order valence-electron chi connectivity index (χ3n) is 2.57. The molecular weight excluding hydrogens is 395 g/mol. The number of aromatic nitrogens is 1. The highest BCUT2D eigenvalue weighted by molar-refractivity contribution is 9.11. The maximum Gasteiger partial charge on any atom is 0.135 e. The van der Waals surface area contributed by atoms with Crippen molar-refractivity contribution >= 4 is 49.1 Å². The summed E-state index contributed by atoms with van der Waals surface area (Å²) >= 11 is 13.0. The molecule has 0 saturated heterocycles. The van der Waals surface area contributed by atoms with Gasteiger partial charge >= 0.3 is 0 Å². The first-order chi connectivity index (χ1) is 9.11. The summed E-state index contributed by atoms with van der Waals surface area (Å²) in [5.74, 6) is 0.770. The minimum atomic E-state index is 0.616. The van der Waals surface area contributed by atoms with Gasteiger partial charge in [-0.3, -0.25) is 4.98 Å². The molecule has 1 aromatic carbocycles. The summed E-state index contributed by atoms with van der Waals surface area (Å²) in [6.45, 7) is 0.616. The molecule has 0 aliphatic rings. The van der Waals surface area contributed by atoms with Gasteiger partial charge in [-0.1, -0.05) is 11.6 Å². The average molecular weight is 407 g/mol. The smallest absolute Gasteiger partial charge is 0.135 e. The molecule has 0 bridgehead atoms. The summed E-state index contributed by atoms with van der Waals surface area (Å²) in [4.78, 5) is 3.96. The van der Waals surface area contributed by atoms with Crippen molar-refractivity contribution < 1.29 is 4.74 Å². The Morgan fingerprint density at radius 3 is 2.79 bits per heavy atom. The van der Waals surface area contributed by atoms with E-state index in [9.17, 15) is 0 Å². The Morgan fingerprint density at radius 2 is 2.11 bits per heavy atom. The van der Waals surface area contributed by atoms with Crippen LogP contribution in [0.25, 0.3) is 0 Å². The molecule has 0 amide bonds. The van der Waals surface area contributed by atoms with Crippen molar-refractivity contribution in [3.05, 3.63) is 50.1 Å². The number of nitrogens with one attached hydrogen (secondary N) is 1. The van der Waals surface area contributed by atoms with Gasteiger partial charge in [0.05, 0.1) is 22.3 Å². The van der Waals surface area contributed by atoms with E-state index in [4.69, 9.17) is 16.3 Å². The van der Waals surface area contributed by atoms with Crippen molar-refractivity contribution in [1.29, 1.82) is 0 Å². The summed E-state index contributed by atoms with van der Waals surface area (Å²) < 4.78 is 7.12. The monoisotopic (exact) mass is 404 g/mol. The Labute approximate surface area is 133 Å². The Balaban J connectivity index is 2.18. The molecule has 1 aromatic heterocycles. The number of benzene rings is 1. The predicted octanol–water partition coefficient (Wildman–Crippen LogP) is 4.88. The van der Waals surface area contributed by atoms with Crippen molar-refractivity contribution in [3.63, 3.8) is 0 Å². The number of nitrogens with zero attached hydrogens (tertiary/aromatic N) is 1. The van der Waals surface area contributed by atoms with Gasteiger partial charge in [-0.2, -0.15) is 0 Å². The van der Waals surface area contributed by atoms with Crippen LogP contribution in [0.5, 0.6) is 5.75 Å². The van der Waals surface area contributed by atoms with Gasteiger partial charge < -0.3 is 10.1 Å². The van der Waals surface area contributed by atoms with Crippen LogP contribution < -0.4 is 10.1 Å². The fourth-order valence-corrected chi connectivity index (χ4v) is 3.04. The third-order valence-corrected chi connectivity index (χ3v) is 4.18. The second kappa shape index (κ2) is 6.59. The zero-order chi connectivity index (χ0) is 13.8. The number of methoxy groups -OCH3 is 1. The molecule has 0 unspecified atom stereocenters. The van der Waals surface area contributed by atoms with Crippen molar-refractivity contribution in [2.45, 2.75) is 6.54 Å². The van der Waals surface area contributed by atoms with E-state index in [1.54, 1.807) is 19.5 Å². The van der Waals surface area contributed by atoms with Crippen molar-refractivity contribution in [2.24, 2.45) is 0 Å². The van der Waals surface area contributed by atoms with E-state index in [-0.39, 0.29) is 0 Å². The zero-order valence-electron chi connectivity index (χ0n) is 10.1. The maximum atomic E-state index is 6.07. The fraction of sp³-hybridized carbons (Fsp3) is 0.154. The van der Waals surface area contributed by atoms with Crippen LogP contribution in [0.3, 0.4) is 0 Å². The molecule has 0 fully saturated rings. The molecule has 1 heterocycles. The molecule has 2 aromatic rings. The number of halogens is 3. The van der Waals surface area contributed by atoms with Crippen molar-refractivity contribution in [3.8, 4) is 5.75 Å². The standard InChI is InChI=1S/C13H11Br2ClN2O/c1-19-13-5-12(9(14)4-10(13)15)18-6-8-2-3-17-7-11(8)16/h2-5,7,18H,6H2,1H3. The first kappa shape index (κ1) is 14.6. The molecule has 0 radical (unpaired) electrons. The van der Waals surface area contributed by atoms with Crippen LogP contribution in [-0.4, -0.2) is 12.1 Å². The largest absolute Gasteiger partial charge is 0.495 e. The third kappa shape index (κ3) is 3.61. The topological polar surface area (TPSA) is 34.1 Å². The van der Waals surface area contributed by atoms with Gasteiger partial charge in [0, 0.05) is 29.5 Å². The van der Waals surface area contributed by atoms with E-state index in [1.165, 1.54) is 0 Å². The highest BCUT2D eigenvalue weighted by Crippen LogP contribution is 2.34. The zero-order valence-corrected chi connectivity index (χ0v) is 14.0. The summed E-state index contributed by atoms with van der Waals surface area (Å²) in [7, 11) is 1.64. The van der Waals surface area contributed by atoms with Gasteiger partial charge in [0.15, 0.2) is 0 Å². The lowest BCUT2D eigenvalue weighted by atomic mass is 10.2. The maximum absolute atomic E-state index is 6.07. The quantitative estimate of drug-likeness (QED) is 0.786. The highest BCUT2D eigenvalue weighted by Gasteiger charge is 2.07. The Morgan fingerprint density at radius 1 is 1.32 bits per heavy atom. The number of hydrogen-bond donors (Lipinski definition) is 1. The van der Waals surface area contributed by atoms with Crippen LogP contribution >= 0.6 is 43.5 Å². The van der Waals surface area contributed by atoms with Crippen LogP contribution in [0.15, 0.2) is 39.5 Å². The second-order valence-corrected chi connectivity index (χ2v) is 5.90. The lowest BCUT2D eigenvalue weighted by molar-refractivity contribution is 0.412. The van der Waals surface area contributed by atoms with Gasteiger partial charge in [-0.25, -0.2) is 0 Å². The Bertz CT molecular complexity index is 593. The lowest BCUT2D eigenvalue weighted by Crippen LogP contribution is -2.01. The van der Waals surface area contributed by atoms with Gasteiger partial charge in [0.2, 0.25) is 0 Å². The minimum Gasteiger partial charge on any atom is -0.495 e. The number of pyridine rings is 1. The van der Waals surface area contributed by atoms with Crippen LogP contribution in [0, 0.1) is 0 Å². The van der Waals surface area contributed by atoms with Crippen molar-refractivity contribution in [2.75, 3.05) is 12.4 Å². The molecule has 0 spiro atoms. The number of hydrogen-bond acceptors (Lipinski definition) is 3. The normalized spacial score (nSPS) is 10.3.